The smallest absolute Gasteiger partial charge is 0.239 e. The van der Waals surface area contributed by atoms with E-state index in [-0.39, 0.29) is 30.3 Å². The number of carbonyl (C=O) groups excluding carboxylic acids is 2. The molecule has 1 aliphatic heterocycles. The minimum absolute atomic E-state index is 0.0648. The lowest BCUT2D eigenvalue weighted by Gasteiger charge is -2.42. The van der Waals surface area contributed by atoms with Gasteiger partial charge in [0.1, 0.15) is 6.04 Å². The van der Waals surface area contributed by atoms with Gasteiger partial charge >= 0.3 is 0 Å². The van der Waals surface area contributed by atoms with Crippen LogP contribution in [-0.4, -0.2) is 92.8 Å². The van der Waals surface area contributed by atoms with Crippen LogP contribution < -0.4 is 10.6 Å². The molecule has 9 heteroatoms. The Morgan fingerprint density at radius 1 is 1.09 bits per heavy atom. The Morgan fingerprint density at radius 3 is 2.60 bits per heavy atom. The maximum Gasteiger partial charge on any atom is 0.239 e. The molecular formula is C36H49N5O4. The van der Waals surface area contributed by atoms with E-state index in [1.54, 1.807) is 6.20 Å². The number of β-amino-alcohol motifs (C(OH)–C–C–N with tert-alkyl or cyclic N) is 1. The number of aliphatic hydroxyl groups is 2. The largest absolute Gasteiger partial charge is 0.392 e. The third-order valence-electron chi connectivity index (χ3n) is 9.00. The van der Waals surface area contributed by atoms with Crippen molar-refractivity contribution >= 4 is 11.8 Å². The number of nitrogens with one attached hydrogen (secondary N) is 2. The molecule has 3 aliphatic rings. The van der Waals surface area contributed by atoms with Crippen molar-refractivity contribution in [2.45, 2.75) is 89.3 Å². The summed E-state index contributed by atoms with van der Waals surface area (Å²) < 4.78 is 0. The van der Waals surface area contributed by atoms with E-state index in [1.807, 2.05) is 69.4 Å². The van der Waals surface area contributed by atoms with E-state index >= 15 is 0 Å². The Morgan fingerprint density at radius 2 is 1.87 bits per heavy atom. The van der Waals surface area contributed by atoms with Crippen LogP contribution in [0.1, 0.15) is 57.6 Å². The molecule has 1 aromatic heterocycles. The maximum atomic E-state index is 13.8. The Kier molecular flexibility index (Phi) is 10.9. The van der Waals surface area contributed by atoms with Crippen LogP contribution in [0.2, 0.25) is 0 Å². The first-order valence-corrected chi connectivity index (χ1v) is 16.3. The summed E-state index contributed by atoms with van der Waals surface area (Å²) in [4.78, 5) is 35.9. The lowest BCUT2D eigenvalue weighted by molar-refractivity contribution is -0.132. The van der Waals surface area contributed by atoms with Crippen molar-refractivity contribution in [2.24, 2.45) is 5.92 Å². The summed E-state index contributed by atoms with van der Waals surface area (Å²) in [7, 11) is 0. The standard InChI is InChI=1S/C36H49N5O4/c1-36(2,3)39-35(45)31-24-40(22-26-12-9-15-37-21-26)16-17-41(31)23-29(42)19-28(18-25-10-5-4-6-11-25)34(44)38-33-30-14-8-7-13-27(30)20-32(33)43/h4-7,9-13,15,21,28-29,31-33,42-43H,8,14,16-20,22-24H2,1-3H3,(H,38,44)(H,39,45)/t28-,29+,31+,32-,33+/m1/s1. The van der Waals surface area contributed by atoms with Crippen LogP contribution >= 0.6 is 0 Å². The second kappa shape index (κ2) is 14.8. The lowest BCUT2D eigenvalue weighted by Crippen LogP contribution is -2.62. The number of hydrogen-bond acceptors (Lipinski definition) is 7. The number of carbonyl (C=O) groups is 2. The van der Waals surface area contributed by atoms with E-state index in [0.717, 1.165) is 41.7 Å². The SMILES string of the molecule is CC(C)(C)NC(=O)[C@@H]1CN(Cc2cccnc2)CCN1C[C@@H](O)C[C@@H](Cc1ccccc1)C(=O)N[C@H]1C2=C(C=CCC2)C[C@H]1O. The molecule has 2 aliphatic carbocycles. The number of piperazine rings is 1. The van der Waals surface area contributed by atoms with Crippen LogP contribution in [0, 0.1) is 5.92 Å². The molecule has 9 nitrogen and oxygen atoms in total. The summed E-state index contributed by atoms with van der Waals surface area (Å²) >= 11 is 0. The number of amides is 2. The molecule has 45 heavy (non-hydrogen) atoms. The Hall–Kier alpha value is -3.37. The minimum Gasteiger partial charge on any atom is -0.392 e. The number of rotatable bonds is 11. The Bertz CT molecular complexity index is 1360. The molecule has 0 radical (unpaired) electrons. The first-order chi connectivity index (χ1) is 21.6. The van der Waals surface area contributed by atoms with Crippen molar-refractivity contribution in [1.82, 2.24) is 25.4 Å². The van der Waals surface area contributed by atoms with E-state index in [9.17, 15) is 19.8 Å². The second-order valence-electron chi connectivity index (χ2n) is 13.9. The molecule has 0 saturated carbocycles. The predicted octanol–water partition coefficient (Wildman–Crippen LogP) is 2.99. The van der Waals surface area contributed by atoms with E-state index in [2.05, 4.69) is 37.6 Å². The van der Waals surface area contributed by atoms with Gasteiger partial charge in [-0.25, -0.2) is 0 Å². The second-order valence-corrected chi connectivity index (χ2v) is 13.9. The molecule has 5 rings (SSSR count). The number of nitrogens with zero attached hydrogens (tertiary/aromatic N) is 3. The zero-order valence-corrected chi connectivity index (χ0v) is 26.9. The molecule has 0 unspecified atom stereocenters. The van der Waals surface area contributed by atoms with Crippen molar-refractivity contribution in [3.05, 3.63) is 89.3 Å². The fraction of sp³-hybridized carbons (Fsp3) is 0.528. The fourth-order valence-electron chi connectivity index (χ4n) is 6.86. The normalized spacial score (nSPS) is 23.8. The quantitative estimate of drug-likeness (QED) is 0.307. The fourth-order valence-corrected chi connectivity index (χ4v) is 6.86. The molecular weight excluding hydrogens is 566 g/mol. The predicted molar refractivity (Wildman–Crippen MR) is 175 cm³/mol. The summed E-state index contributed by atoms with van der Waals surface area (Å²) in [5.41, 5.74) is 3.97. The summed E-state index contributed by atoms with van der Waals surface area (Å²) in [6.07, 6.45) is 9.36. The zero-order valence-electron chi connectivity index (χ0n) is 26.9. The van der Waals surface area contributed by atoms with E-state index in [0.29, 0.717) is 32.5 Å². The number of aromatic nitrogens is 1. The first-order valence-electron chi connectivity index (χ1n) is 16.3. The van der Waals surface area contributed by atoms with Crippen molar-refractivity contribution in [1.29, 1.82) is 0 Å². The van der Waals surface area contributed by atoms with Crippen molar-refractivity contribution in [3.8, 4) is 0 Å². The summed E-state index contributed by atoms with van der Waals surface area (Å²) in [5.74, 6) is -0.717. The van der Waals surface area contributed by atoms with Gasteiger partial charge in [0.15, 0.2) is 0 Å². The van der Waals surface area contributed by atoms with Crippen LogP contribution in [0.15, 0.2) is 78.2 Å². The topological polar surface area (TPSA) is 118 Å². The van der Waals surface area contributed by atoms with Gasteiger partial charge in [0.25, 0.3) is 0 Å². The van der Waals surface area contributed by atoms with Crippen molar-refractivity contribution < 1.29 is 19.8 Å². The molecule has 2 amide bonds. The molecule has 5 atom stereocenters. The molecule has 1 aromatic carbocycles. The van der Waals surface area contributed by atoms with Gasteiger partial charge < -0.3 is 20.8 Å². The van der Waals surface area contributed by atoms with Crippen LogP contribution in [0.25, 0.3) is 0 Å². The Balaban J connectivity index is 1.28. The lowest BCUT2D eigenvalue weighted by atomic mass is 9.91. The van der Waals surface area contributed by atoms with Crippen molar-refractivity contribution in [3.63, 3.8) is 0 Å². The van der Waals surface area contributed by atoms with Gasteiger partial charge in [-0.15, -0.1) is 0 Å². The average Bonchev–Trinajstić information content (AvgIpc) is 3.32. The molecule has 4 N–H and O–H groups in total. The third-order valence-corrected chi connectivity index (χ3v) is 9.00. The summed E-state index contributed by atoms with van der Waals surface area (Å²) in [6, 6.07) is 13.0. The van der Waals surface area contributed by atoms with Gasteiger partial charge in [0, 0.05) is 63.0 Å². The zero-order chi connectivity index (χ0) is 32.0. The van der Waals surface area contributed by atoms with Gasteiger partial charge in [-0.05, 0) is 74.8 Å². The molecule has 2 heterocycles. The Labute approximate surface area is 267 Å². The van der Waals surface area contributed by atoms with Crippen LogP contribution in [0.5, 0.6) is 0 Å². The van der Waals surface area contributed by atoms with Crippen LogP contribution in [0.4, 0.5) is 0 Å². The summed E-state index contributed by atoms with van der Waals surface area (Å²) in [6.45, 7) is 8.79. The maximum absolute atomic E-state index is 13.8. The van der Waals surface area contributed by atoms with Crippen molar-refractivity contribution in [2.75, 3.05) is 26.2 Å². The van der Waals surface area contributed by atoms with Gasteiger partial charge in [0.2, 0.25) is 11.8 Å². The van der Waals surface area contributed by atoms with E-state index < -0.39 is 30.2 Å². The van der Waals surface area contributed by atoms with Gasteiger partial charge in [0.05, 0.1) is 18.2 Å². The number of benzene rings is 1. The van der Waals surface area contributed by atoms with Gasteiger partial charge in [-0.2, -0.15) is 0 Å². The average molecular weight is 616 g/mol. The third kappa shape index (κ3) is 9.10. The number of pyridine rings is 1. The monoisotopic (exact) mass is 615 g/mol. The van der Waals surface area contributed by atoms with Crippen LogP contribution in [0.3, 0.4) is 0 Å². The highest BCUT2D eigenvalue weighted by atomic mass is 16.3. The molecule has 2 aromatic rings. The minimum atomic E-state index is -0.819. The van der Waals surface area contributed by atoms with Crippen LogP contribution in [-0.2, 0) is 22.6 Å². The molecule has 1 saturated heterocycles. The van der Waals surface area contributed by atoms with Gasteiger partial charge in [-0.1, -0.05) is 48.6 Å². The van der Waals surface area contributed by atoms with Gasteiger partial charge in [-0.3, -0.25) is 24.4 Å². The van der Waals surface area contributed by atoms with E-state index in [1.165, 1.54) is 0 Å². The number of allylic oxidation sites excluding steroid dienone is 2. The van der Waals surface area contributed by atoms with E-state index in [4.69, 9.17) is 0 Å². The summed E-state index contributed by atoms with van der Waals surface area (Å²) in [5, 5.41) is 28.6. The molecule has 1 fully saturated rings. The highest BCUT2D eigenvalue weighted by molar-refractivity contribution is 5.83. The highest BCUT2D eigenvalue weighted by Crippen LogP contribution is 2.34. The first kappa shape index (κ1) is 33.0. The number of hydrogen-bond donors (Lipinski definition) is 4. The molecule has 242 valence electrons. The number of aliphatic hydroxyl groups excluding tert-OH is 2. The molecule has 0 bridgehead atoms. The molecule has 0 spiro atoms. The highest BCUT2D eigenvalue weighted by Gasteiger charge is 2.38.